The maximum absolute atomic E-state index is 10.6. The normalized spacial score (nSPS) is 11.8. The predicted molar refractivity (Wildman–Crippen MR) is 51.9 cm³/mol. The van der Waals surface area contributed by atoms with Crippen LogP contribution in [-0.4, -0.2) is 33.2 Å². The highest BCUT2D eigenvalue weighted by molar-refractivity contribution is 5.88. The van der Waals surface area contributed by atoms with Crippen LogP contribution >= 0.6 is 0 Å². The zero-order valence-corrected chi connectivity index (χ0v) is 7.97. The third-order valence-electron chi connectivity index (χ3n) is 1.74. The first-order valence-corrected chi connectivity index (χ1v) is 4.18. The van der Waals surface area contributed by atoms with Gasteiger partial charge in [-0.25, -0.2) is 4.79 Å². The number of rotatable bonds is 4. The highest BCUT2D eigenvalue weighted by atomic mass is 16.4. The van der Waals surface area contributed by atoms with Crippen LogP contribution in [0.1, 0.15) is 17.3 Å². The van der Waals surface area contributed by atoms with E-state index >= 15 is 0 Å². The van der Waals surface area contributed by atoms with Crippen molar-refractivity contribution < 1.29 is 19.8 Å². The van der Waals surface area contributed by atoms with E-state index in [0.717, 1.165) is 0 Å². The van der Waals surface area contributed by atoms with Crippen LogP contribution in [0.2, 0.25) is 0 Å². The summed E-state index contributed by atoms with van der Waals surface area (Å²) in [6, 6.07) is 0.533. The second kappa shape index (κ2) is 4.41. The van der Waals surface area contributed by atoms with E-state index in [9.17, 15) is 9.59 Å². The number of aromatic nitrogens is 1. The number of nitrogens with one attached hydrogen (secondary N) is 1. The lowest BCUT2D eigenvalue weighted by Crippen LogP contribution is -2.25. The van der Waals surface area contributed by atoms with Crippen LogP contribution in [-0.2, 0) is 4.79 Å². The molecule has 15 heavy (non-hydrogen) atoms. The Hall–Kier alpha value is -2.11. The van der Waals surface area contributed by atoms with Gasteiger partial charge in [0.2, 0.25) is 0 Å². The van der Waals surface area contributed by atoms with Crippen LogP contribution in [0.25, 0.3) is 0 Å². The van der Waals surface area contributed by atoms with Crippen molar-refractivity contribution in [3.8, 4) is 0 Å². The molecule has 0 aliphatic heterocycles. The van der Waals surface area contributed by atoms with E-state index in [1.54, 1.807) is 0 Å². The smallest absolute Gasteiger partial charge is 0.337 e. The minimum Gasteiger partial charge on any atom is -0.480 e. The quantitative estimate of drug-likeness (QED) is 0.675. The number of aliphatic carboxylic acids is 1. The molecule has 1 unspecified atom stereocenters. The molecule has 0 saturated heterocycles. The standard InChI is InChI=1S/C9H10N2O4/c1-5(8(12)13)11-7-2-6(9(14)15)3-10-4-7/h2-5,11H,1H3,(H,12,13)(H,14,15). The summed E-state index contributed by atoms with van der Waals surface area (Å²) in [5, 5.41) is 19.9. The van der Waals surface area contributed by atoms with Crippen molar-refractivity contribution >= 4 is 17.6 Å². The number of anilines is 1. The van der Waals surface area contributed by atoms with E-state index in [1.807, 2.05) is 0 Å². The lowest BCUT2D eigenvalue weighted by molar-refractivity contribution is -0.137. The first-order valence-electron chi connectivity index (χ1n) is 4.18. The van der Waals surface area contributed by atoms with Gasteiger partial charge in [0.05, 0.1) is 17.4 Å². The molecule has 1 heterocycles. The molecule has 1 atom stereocenters. The van der Waals surface area contributed by atoms with Crippen LogP contribution in [0.3, 0.4) is 0 Å². The largest absolute Gasteiger partial charge is 0.480 e. The number of nitrogens with zero attached hydrogens (tertiary/aromatic N) is 1. The van der Waals surface area contributed by atoms with Gasteiger partial charge in [0.1, 0.15) is 6.04 Å². The highest BCUT2D eigenvalue weighted by Crippen LogP contribution is 2.09. The van der Waals surface area contributed by atoms with Crippen molar-refractivity contribution in [1.82, 2.24) is 4.98 Å². The first-order chi connectivity index (χ1) is 7.00. The highest BCUT2D eigenvalue weighted by Gasteiger charge is 2.11. The number of carbonyl (C=O) groups is 2. The number of hydrogen-bond acceptors (Lipinski definition) is 4. The first kappa shape index (κ1) is 11.0. The number of pyridine rings is 1. The van der Waals surface area contributed by atoms with E-state index < -0.39 is 18.0 Å². The van der Waals surface area contributed by atoms with E-state index in [-0.39, 0.29) is 5.56 Å². The molecular formula is C9H10N2O4. The third-order valence-corrected chi connectivity index (χ3v) is 1.74. The maximum atomic E-state index is 10.6. The maximum Gasteiger partial charge on any atom is 0.337 e. The van der Waals surface area contributed by atoms with Crippen molar-refractivity contribution in [2.75, 3.05) is 5.32 Å². The topological polar surface area (TPSA) is 99.5 Å². The Labute approximate surface area is 85.6 Å². The Kier molecular flexibility index (Phi) is 3.22. The molecule has 0 aliphatic rings. The Balaban J connectivity index is 2.82. The third kappa shape index (κ3) is 2.94. The van der Waals surface area contributed by atoms with Crippen molar-refractivity contribution in [3.05, 3.63) is 24.0 Å². The summed E-state index contributed by atoms with van der Waals surface area (Å²) >= 11 is 0. The molecule has 6 heteroatoms. The molecule has 0 saturated carbocycles. The molecule has 3 N–H and O–H groups in total. The molecule has 0 aromatic carbocycles. The second-order valence-electron chi connectivity index (χ2n) is 2.97. The zero-order valence-electron chi connectivity index (χ0n) is 7.97. The van der Waals surface area contributed by atoms with Gasteiger partial charge in [-0.2, -0.15) is 0 Å². The molecule has 0 aliphatic carbocycles. The molecule has 0 spiro atoms. The fourth-order valence-corrected chi connectivity index (χ4v) is 0.948. The molecular weight excluding hydrogens is 200 g/mol. The molecule has 0 amide bonds. The molecule has 0 radical (unpaired) electrons. The van der Waals surface area contributed by atoms with Gasteiger partial charge in [-0.1, -0.05) is 0 Å². The van der Waals surface area contributed by atoms with Crippen molar-refractivity contribution in [2.45, 2.75) is 13.0 Å². The van der Waals surface area contributed by atoms with Gasteiger partial charge < -0.3 is 15.5 Å². The van der Waals surface area contributed by atoms with Crippen LogP contribution in [0.5, 0.6) is 0 Å². The minimum absolute atomic E-state index is 0.0117. The second-order valence-corrected chi connectivity index (χ2v) is 2.97. The average Bonchev–Trinajstić information content (AvgIpc) is 2.18. The fraction of sp³-hybridized carbons (Fsp3) is 0.222. The lowest BCUT2D eigenvalue weighted by Gasteiger charge is -2.10. The van der Waals surface area contributed by atoms with Gasteiger partial charge in [0.25, 0.3) is 0 Å². The van der Waals surface area contributed by atoms with Crippen LogP contribution < -0.4 is 5.32 Å². The van der Waals surface area contributed by atoms with Crippen LogP contribution in [0.15, 0.2) is 18.5 Å². The average molecular weight is 210 g/mol. The van der Waals surface area contributed by atoms with E-state index in [0.29, 0.717) is 5.69 Å². The molecule has 1 aromatic heterocycles. The number of carboxylic acids is 2. The Morgan fingerprint density at radius 1 is 1.40 bits per heavy atom. The Bertz CT molecular complexity index is 391. The fourth-order valence-electron chi connectivity index (χ4n) is 0.948. The summed E-state index contributed by atoms with van der Waals surface area (Å²) < 4.78 is 0. The predicted octanol–water partition coefficient (Wildman–Crippen LogP) is 0.665. The molecule has 1 aromatic rings. The monoisotopic (exact) mass is 210 g/mol. The summed E-state index contributed by atoms with van der Waals surface area (Å²) in [4.78, 5) is 24.8. The van der Waals surface area contributed by atoms with E-state index in [4.69, 9.17) is 10.2 Å². The van der Waals surface area contributed by atoms with Gasteiger partial charge in [-0.3, -0.25) is 9.78 Å². The number of carboxylic acid groups (broad SMARTS) is 2. The van der Waals surface area contributed by atoms with Gasteiger partial charge in [0, 0.05) is 6.20 Å². The zero-order chi connectivity index (χ0) is 11.4. The van der Waals surface area contributed by atoms with Gasteiger partial charge in [-0.05, 0) is 13.0 Å². The van der Waals surface area contributed by atoms with Crippen LogP contribution in [0, 0.1) is 0 Å². The molecule has 0 bridgehead atoms. The summed E-state index contributed by atoms with van der Waals surface area (Å²) in [5.41, 5.74) is 0.377. The van der Waals surface area contributed by atoms with Crippen molar-refractivity contribution in [1.29, 1.82) is 0 Å². The van der Waals surface area contributed by atoms with E-state index in [1.165, 1.54) is 25.4 Å². The summed E-state index contributed by atoms with van der Waals surface area (Å²) in [6.45, 7) is 1.45. The van der Waals surface area contributed by atoms with Crippen LogP contribution in [0.4, 0.5) is 5.69 Å². The Morgan fingerprint density at radius 2 is 2.07 bits per heavy atom. The molecule has 80 valence electrons. The number of hydrogen-bond donors (Lipinski definition) is 3. The summed E-state index contributed by atoms with van der Waals surface area (Å²) in [6.07, 6.45) is 2.56. The van der Waals surface area contributed by atoms with Crippen molar-refractivity contribution in [3.63, 3.8) is 0 Å². The van der Waals surface area contributed by atoms with E-state index in [2.05, 4.69) is 10.3 Å². The van der Waals surface area contributed by atoms with Gasteiger partial charge in [-0.15, -0.1) is 0 Å². The van der Waals surface area contributed by atoms with Gasteiger partial charge in [0.15, 0.2) is 0 Å². The van der Waals surface area contributed by atoms with Crippen molar-refractivity contribution in [2.24, 2.45) is 0 Å². The van der Waals surface area contributed by atoms with Gasteiger partial charge >= 0.3 is 11.9 Å². The molecule has 0 fully saturated rings. The summed E-state index contributed by atoms with van der Waals surface area (Å²) in [7, 11) is 0. The molecule has 6 nitrogen and oxygen atoms in total. The molecule has 1 rings (SSSR count). The Morgan fingerprint density at radius 3 is 2.60 bits per heavy atom. The number of aromatic carboxylic acids is 1. The minimum atomic E-state index is -1.10. The SMILES string of the molecule is CC(Nc1cncc(C(=O)O)c1)C(=O)O. The lowest BCUT2D eigenvalue weighted by atomic mass is 10.2. The summed E-state index contributed by atoms with van der Waals surface area (Å²) in [5.74, 6) is -2.12.